The van der Waals surface area contributed by atoms with Gasteiger partial charge < -0.3 is 9.64 Å². The van der Waals surface area contributed by atoms with Gasteiger partial charge >= 0.3 is 0 Å². The van der Waals surface area contributed by atoms with E-state index in [-0.39, 0.29) is 0 Å². The smallest absolute Gasteiger partial charge is 0.171 e. The van der Waals surface area contributed by atoms with Crippen LogP contribution in [0.5, 0.6) is 0 Å². The van der Waals surface area contributed by atoms with Gasteiger partial charge in [-0.15, -0.1) is 0 Å². The lowest BCUT2D eigenvalue weighted by Crippen LogP contribution is -2.23. The molecule has 0 saturated heterocycles. The van der Waals surface area contributed by atoms with Crippen LogP contribution in [-0.2, 0) is 4.74 Å². The summed E-state index contributed by atoms with van der Waals surface area (Å²) in [6.07, 6.45) is 3.18. The summed E-state index contributed by atoms with van der Waals surface area (Å²) in [7, 11) is 3.56. The van der Waals surface area contributed by atoms with E-state index < -0.39 is 0 Å². The van der Waals surface area contributed by atoms with Crippen LogP contribution in [0.2, 0.25) is 5.15 Å². The standard InChI is InChI=1S/C8H12ClN3O/c1-12(5-6-13-2)8-7(9)10-3-4-11-8/h3-4H,5-6H2,1-2H3. The van der Waals surface area contributed by atoms with Crippen molar-refractivity contribution in [2.24, 2.45) is 0 Å². The molecular weight excluding hydrogens is 190 g/mol. The van der Waals surface area contributed by atoms with Gasteiger partial charge in [0.2, 0.25) is 0 Å². The summed E-state index contributed by atoms with van der Waals surface area (Å²) in [4.78, 5) is 9.94. The van der Waals surface area contributed by atoms with Gasteiger partial charge in [0.05, 0.1) is 6.61 Å². The zero-order valence-corrected chi connectivity index (χ0v) is 8.45. The average Bonchev–Trinajstić information content (AvgIpc) is 2.15. The minimum atomic E-state index is 0.418. The number of hydrogen-bond acceptors (Lipinski definition) is 4. The molecule has 0 fully saturated rings. The van der Waals surface area contributed by atoms with Crippen LogP contribution in [0.4, 0.5) is 5.82 Å². The Hall–Kier alpha value is -0.870. The predicted octanol–water partition coefficient (Wildman–Crippen LogP) is 1.21. The number of anilines is 1. The maximum atomic E-state index is 5.84. The molecule has 0 spiro atoms. The zero-order valence-electron chi connectivity index (χ0n) is 7.70. The van der Waals surface area contributed by atoms with Crippen LogP contribution < -0.4 is 4.90 Å². The normalized spacial score (nSPS) is 10.1. The molecule has 1 heterocycles. The van der Waals surface area contributed by atoms with E-state index in [9.17, 15) is 0 Å². The third-order valence-electron chi connectivity index (χ3n) is 1.63. The molecule has 1 rings (SSSR count). The van der Waals surface area contributed by atoms with E-state index >= 15 is 0 Å². The molecule has 0 atom stereocenters. The fourth-order valence-electron chi connectivity index (χ4n) is 0.904. The molecule has 0 amide bonds. The molecular formula is C8H12ClN3O. The van der Waals surface area contributed by atoms with E-state index in [0.29, 0.717) is 17.6 Å². The van der Waals surface area contributed by atoms with Crippen molar-refractivity contribution in [2.75, 3.05) is 32.2 Å². The highest BCUT2D eigenvalue weighted by Gasteiger charge is 2.06. The average molecular weight is 202 g/mol. The predicted molar refractivity (Wildman–Crippen MR) is 52.2 cm³/mol. The van der Waals surface area contributed by atoms with Gasteiger partial charge in [-0.25, -0.2) is 9.97 Å². The zero-order chi connectivity index (χ0) is 9.68. The second-order valence-electron chi connectivity index (χ2n) is 2.59. The fraction of sp³-hybridized carbons (Fsp3) is 0.500. The summed E-state index contributed by atoms with van der Waals surface area (Å²) in [5.74, 6) is 0.682. The lowest BCUT2D eigenvalue weighted by molar-refractivity contribution is 0.206. The molecule has 0 aliphatic rings. The molecule has 0 saturated carbocycles. The van der Waals surface area contributed by atoms with Gasteiger partial charge in [-0.3, -0.25) is 0 Å². The number of likely N-dealkylation sites (N-methyl/N-ethyl adjacent to an activating group) is 1. The minimum absolute atomic E-state index is 0.418. The second kappa shape index (κ2) is 4.99. The Balaban J connectivity index is 2.65. The van der Waals surface area contributed by atoms with E-state index in [1.165, 1.54) is 0 Å². The van der Waals surface area contributed by atoms with Crippen LogP contribution in [-0.4, -0.2) is 37.3 Å². The lowest BCUT2D eigenvalue weighted by atomic mass is 10.5. The molecule has 1 aromatic rings. The van der Waals surface area contributed by atoms with E-state index in [1.807, 2.05) is 11.9 Å². The van der Waals surface area contributed by atoms with Gasteiger partial charge in [-0.2, -0.15) is 0 Å². The number of ether oxygens (including phenoxy) is 1. The van der Waals surface area contributed by atoms with Crippen molar-refractivity contribution in [1.29, 1.82) is 0 Å². The first-order valence-corrected chi connectivity index (χ1v) is 4.30. The van der Waals surface area contributed by atoms with E-state index in [2.05, 4.69) is 9.97 Å². The van der Waals surface area contributed by atoms with Crippen molar-refractivity contribution in [3.8, 4) is 0 Å². The van der Waals surface area contributed by atoms with Crippen LogP contribution in [0.3, 0.4) is 0 Å². The first-order valence-electron chi connectivity index (χ1n) is 3.92. The molecule has 0 unspecified atom stereocenters. The largest absolute Gasteiger partial charge is 0.383 e. The quantitative estimate of drug-likeness (QED) is 0.734. The Morgan fingerprint density at radius 3 is 2.77 bits per heavy atom. The SMILES string of the molecule is COCCN(C)c1nccnc1Cl. The van der Waals surface area contributed by atoms with Crippen LogP contribution in [0.15, 0.2) is 12.4 Å². The van der Waals surface area contributed by atoms with Crippen LogP contribution in [0, 0.1) is 0 Å². The molecule has 1 aromatic heterocycles. The van der Waals surface area contributed by atoms with Gasteiger partial charge in [0.15, 0.2) is 11.0 Å². The first kappa shape index (κ1) is 10.2. The highest BCUT2D eigenvalue weighted by atomic mass is 35.5. The van der Waals surface area contributed by atoms with Crippen molar-refractivity contribution in [3.05, 3.63) is 17.5 Å². The summed E-state index contributed by atoms with van der Waals surface area (Å²) < 4.78 is 4.94. The molecule has 4 nitrogen and oxygen atoms in total. The summed E-state index contributed by atoms with van der Waals surface area (Å²) >= 11 is 5.84. The second-order valence-corrected chi connectivity index (χ2v) is 2.94. The number of hydrogen-bond donors (Lipinski definition) is 0. The number of rotatable bonds is 4. The van der Waals surface area contributed by atoms with Gasteiger partial charge in [-0.1, -0.05) is 11.6 Å². The van der Waals surface area contributed by atoms with Crippen molar-refractivity contribution < 1.29 is 4.74 Å². The Labute approximate surface area is 82.5 Å². The van der Waals surface area contributed by atoms with Crippen LogP contribution >= 0.6 is 11.6 Å². The van der Waals surface area contributed by atoms with Crippen molar-refractivity contribution >= 4 is 17.4 Å². The number of methoxy groups -OCH3 is 1. The van der Waals surface area contributed by atoms with Crippen molar-refractivity contribution in [2.45, 2.75) is 0 Å². The highest BCUT2D eigenvalue weighted by Crippen LogP contribution is 2.17. The maximum Gasteiger partial charge on any atom is 0.171 e. The van der Waals surface area contributed by atoms with E-state index in [4.69, 9.17) is 16.3 Å². The van der Waals surface area contributed by atoms with Crippen molar-refractivity contribution in [1.82, 2.24) is 9.97 Å². The molecule has 72 valence electrons. The Kier molecular flexibility index (Phi) is 3.92. The van der Waals surface area contributed by atoms with Crippen LogP contribution in [0.1, 0.15) is 0 Å². The van der Waals surface area contributed by atoms with Gasteiger partial charge in [0.1, 0.15) is 0 Å². The third kappa shape index (κ3) is 2.82. The molecule has 0 aliphatic heterocycles. The number of halogens is 1. The topological polar surface area (TPSA) is 38.2 Å². The Bertz CT molecular complexity index is 269. The third-order valence-corrected chi connectivity index (χ3v) is 1.89. The fourth-order valence-corrected chi connectivity index (χ4v) is 1.15. The van der Waals surface area contributed by atoms with Gasteiger partial charge in [-0.05, 0) is 0 Å². The highest BCUT2D eigenvalue weighted by molar-refractivity contribution is 6.31. The number of nitrogens with zero attached hydrogens (tertiary/aromatic N) is 3. The summed E-state index contributed by atoms with van der Waals surface area (Å²) in [6, 6.07) is 0. The molecule has 13 heavy (non-hydrogen) atoms. The molecule has 0 bridgehead atoms. The molecule has 0 aliphatic carbocycles. The first-order chi connectivity index (χ1) is 6.25. The number of aromatic nitrogens is 2. The molecule has 0 radical (unpaired) electrons. The molecule has 0 N–H and O–H groups in total. The van der Waals surface area contributed by atoms with E-state index in [1.54, 1.807) is 19.5 Å². The maximum absolute atomic E-state index is 5.84. The monoisotopic (exact) mass is 201 g/mol. The summed E-state index contributed by atoms with van der Waals surface area (Å²) in [5.41, 5.74) is 0. The Morgan fingerprint density at radius 2 is 2.15 bits per heavy atom. The summed E-state index contributed by atoms with van der Waals surface area (Å²) in [6.45, 7) is 1.39. The Morgan fingerprint density at radius 1 is 1.46 bits per heavy atom. The lowest BCUT2D eigenvalue weighted by Gasteiger charge is -2.17. The molecule has 0 aromatic carbocycles. The summed E-state index contributed by atoms with van der Waals surface area (Å²) in [5, 5.41) is 0.418. The van der Waals surface area contributed by atoms with Crippen LogP contribution in [0.25, 0.3) is 0 Å². The van der Waals surface area contributed by atoms with Gasteiger partial charge in [0, 0.05) is 33.1 Å². The van der Waals surface area contributed by atoms with E-state index in [0.717, 1.165) is 6.54 Å². The van der Waals surface area contributed by atoms with Crippen molar-refractivity contribution in [3.63, 3.8) is 0 Å². The molecule has 5 heteroatoms. The minimum Gasteiger partial charge on any atom is -0.383 e. The van der Waals surface area contributed by atoms with Gasteiger partial charge in [0.25, 0.3) is 0 Å².